The van der Waals surface area contributed by atoms with Crippen molar-refractivity contribution in [3.05, 3.63) is 0 Å². The minimum atomic E-state index is 0.628. The third kappa shape index (κ3) is 4.37. The van der Waals surface area contributed by atoms with E-state index in [1.165, 1.54) is 6.42 Å². The van der Waals surface area contributed by atoms with Crippen LogP contribution in [-0.2, 0) is 14.2 Å². The van der Waals surface area contributed by atoms with Crippen LogP contribution in [0.2, 0.25) is 0 Å². The lowest BCUT2D eigenvalue weighted by Gasteiger charge is -2.11. The van der Waals surface area contributed by atoms with Crippen LogP contribution >= 0.6 is 0 Å². The van der Waals surface area contributed by atoms with Crippen molar-refractivity contribution in [2.45, 2.75) is 12.8 Å². The van der Waals surface area contributed by atoms with Gasteiger partial charge in [0.2, 0.25) is 0 Å². The quantitative estimate of drug-likeness (QED) is 0.651. The standard InChI is InChI=1S/C12H23NO3/c1-4-14-8-11(1)7-13-3-6-16-10-12-2-5-15-9-12/h11-13H,1-10H2. The first kappa shape index (κ1) is 12.3. The van der Waals surface area contributed by atoms with Gasteiger partial charge in [-0.2, -0.15) is 0 Å². The number of rotatable bonds is 7. The van der Waals surface area contributed by atoms with E-state index in [4.69, 9.17) is 14.2 Å². The van der Waals surface area contributed by atoms with E-state index in [2.05, 4.69) is 5.32 Å². The second kappa shape index (κ2) is 7.22. The van der Waals surface area contributed by atoms with Gasteiger partial charge in [-0.1, -0.05) is 0 Å². The lowest BCUT2D eigenvalue weighted by Crippen LogP contribution is -2.27. The maximum Gasteiger partial charge on any atom is 0.0591 e. The molecule has 16 heavy (non-hydrogen) atoms. The molecule has 4 nitrogen and oxygen atoms in total. The van der Waals surface area contributed by atoms with Crippen LogP contribution in [0.3, 0.4) is 0 Å². The Morgan fingerprint density at radius 3 is 2.50 bits per heavy atom. The zero-order valence-electron chi connectivity index (χ0n) is 9.95. The molecular formula is C12H23NO3. The number of hydrogen-bond donors (Lipinski definition) is 1. The molecule has 0 spiro atoms. The molecule has 4 heteroatoms. The molecule has 94 valence electrons. The van der Waals surface area contributed by atoms with E-state index in [1.54, 1.807) is 0 Å². The van der Waals surface area contributed by atoms with Crippen LogP contribution in [0.25, 0.3) is 0 Å². The van der Waals surface area contributed by atoms with Gasteiger partial charge < -0.3 is 19.5 Å². The molecule has 0 aromatic rings. The Labute approximate surface area is 97.6 Å². The molecule has 0 saturated carbocycles. The minimum absolute atomic E-state index is 0.628. The van der Waals surface area contributed by atoms with Crippen molar-refractivity contribution in [2.24, 2.45) is 11.8 Å². The van der Waals surface area contributed by atoms with Crippen molar-refractivity contribution < 1.29 is 14.2 Å². The molecule has 2 heterocycles. The van der Waals surface area contributed by atoms with Gasteiger partial charge in [-0.05, 0) is 18.8 Å². The largest absolute Gasteiger partial charge is 0.381 e. The Morgan fingerprint density at radius 1 is 1.06 bits per heavy atom. The van der Waals surface area contributed by atoms with Crippen LogP contribution in [0, 0.1) is 11.8 Å². The Kier molecular flexibility index (Phi) is 5.55. The molecule has 2 atom stereocenters. The van der Waals surface area contributed by atoms with E-state index in [9.17, 15) is 0 Å². The van der Waals surface area contributed by atoms with Gasteiger partial charge in [0, 0.05) is 32.2 Å². The summed E-state index contributed by atoms with van der Waals surface area (Å²) in [7, 11) is 0. The fraction of sp³-hybridized carbons (Fsp3) is 1.00. The highest BCUT2D eigenvalue weighted by atomic mass is 16.5. The van der Waals surface area contributed by atoms with Crippen LogP contribution in [0.15, 0.2) is 0 Å². The predicted molar refractivity (Wildman–Crippen MR) is 61.5 cm³/mol. The van der Waals surface area contributed by atoms with Gasteiger partial charge in [-0.15, -0.1) is 0 Å². The van der Waals surface area contributed by atoms with Gasteiger partial charge in [-0.3, -0.25) is 0 Å². The number of hydrogen-bond acceptors (Lipinski definition) is 4. The molecule has 0 aromatic heterocycles. The topological polar surface area (TPSA) is 39.7 Å². The Balaban J connectivity index is 1.37. The van der Waals surface area contributed by atoms with Gasteiger partial charge in [0.15, 0.2) is 0 Å². The summed E-state index contributed by atoms with van der Waals surface area (Å²) in [6.45, 7) is 7.33. The number of nitrogens with one attached hydrogen (secondary N) is 1. The molecule has 2 unspecified atom stereocenters. The first-order valence-corrected chi connectivity index (χ1v) is 6.39. The maximum atomic E-state index is 5.61. The van der Waals surface area contributed by atoms with Crippen molar-refractivity contribution in [3.63, 3.8) is 0 Å². The van der Waals surface area contributed by atoms with Crippen LogP contribution < -0.4 is 5.32 Å². The first-order chi connectivity index (χ1) is 7.95. The molecule has 1 N–H and O–H groups in total. The van der Waals surface area contributed by atoms with Gasteiger partial charge >= 0.3 is 0 Å². The molecular weight excluding hydrogens is 206 g/mol. The third-order valence-corrected chi connectivity index (χ3v) is 3.26. The summed E-state index contributed by atoms with van der Waals surface area (Å²) in [5, 5.41) is 3.42. The van der Waals surface area contributed by atoms with Gasteiger partial charge in [0.25, 0.3) is 0 Å². The highest BCUT2D eigenvalue weighted by Gasteiger charge is 2.16. The molecule has 2 fully saturated rings. The fourth-order valence-corrected chi connectivity index (χ4v) is 2.16. The zero-order valence-corrected chi connectivity index (χ0v) is 9.95. The summed E-state index contributed by atoms with van der Waals surface area (Å²) >= 11 is 0. The lowest BCUT2D eigenvalue weighted by molar-refractivity contribution is 0.0908. The third-order valence-electron chi connectivity index (χ3n) is 3.26. The zero-order chi connectivity index (χ0) is 11.1. The molecule has 0 aromatic carbocycles. The summed E-state index contributed by atoms with van der Waals surface area (Å²) < 4.78 is 16.2. The van der Waals surface area contributed by atoms with Crippen LogP contribution in [-0.4, -0.2) is 52.7 Å². The summed E-state index contributed by atoms with van der Waals surface area (Å²) in [5.74, 6) is 1.34. The van der Waals surface area contributed by atoms with Crippen LogP contribution in [0.5, 0.6) is 0 Å². The van der Waals surface area contributed by atoms with Crippen molar-refractivity contribution in [2.75, 3.05) is 52.7 Å². The molecule has 0 aliphatic carbocycles. The second-order valence-corrected chi connectivity index (χ2v) is 4.74. The van der Waals surface area contributed by atoms with E-state index in [0.29, 0.717) is 11.8 Å². The van der Waals surface area contributed by atoms with Crippen molar-refractivity contribution in [1.29, 1.82) is 0 Å². The summed E-state index contributed by atoms with van der Waals surface area (Å²) in [5.41, 5.74) is 0. The van der Waals surface area contributed by atoms with E-state index < -0.39 is 0 Å². The van der Waals surface area contributed by atoms with E-state index >= 15 is 0 Å². The molecule has 2 rings (SSSR count). The smallest absolute Gasteiger partial charge is 0.0591 e. The minimum Gasteiger partial charge on any atom is -0.381 e. The first-order valence-electron chi connectivity index (χ1n) is 6.39. The summed E-state index contributed by atoms with van der Waals surface area (Å²) in [6, 6.07) is 0. The van der Waals surface area contributed by atoms with Crippen molar-refractivity contribution in [3.8, 4) is 0 Å². The SMILES string of the molecule is C(COCC1CCOC1)NCC1CCOC1. The second-order valence-electron chi connectivity index (χ2n) is 4.74. The number of ether oxygens (including phenoxy) is 3. The van der Waals surface area contributed by atoms with Gasteiger partial charge in [0.1, 0.15) is 0 Å². The van der Waals surface area contributed by atoms with Crippen LogP contribution in [0.4, 0.5) is 0 Å². The molecule has 2 aliphatic rings. The highest BCUT2D eigenvalue weighted by molar-refractivity contribution is 4.66. The molecule has 2 saturated heterocycles. The van der Waals surface area contributed by atoms with Gasteiger partial charge in [-0.25, -0.2) is 0 Å². The molecule has 0 bridgehead atoms. The van der Waals surface area contributed by atoms with Crippen molar-refractivity contribution in [1.82, 2.24) is 5.32 Å². The molecule has 0 amide bonds. The molecule has 2 aliphatic heterocycles. The Bertz CT molecular complexity index is 157. The highest BCUT2D eigenvalue weighted by Crippen LogP contribution is 2.12. The van der Waals surface area contributed by atoms with Gasteiger partial charge in [0.05, 0.1) is 26.4 Å². The lowest BCUT2D eigenvalue weighted by atomic mass is 10.1. The van der Waals surface area contributed by atoms with Crippen molar-refractivity contribution >= 4 is 0 Å². The normalized spacial score (nSPS) is 30.0. The predicted octanol–water partition coefficient (Wildman–Crippen LogP) is 0.666. The summed E-state index contributed by atoms with van der Waals surface area (Å²) in [4.78, 5) is 0. The van der Waals surface area contributed by atoms with E-state index in [0.717, 1.165) is 59.2 Å². The molecule has 0 radical (unpaired) electrons. The maximum absolute atomic E-state index is 5.61. The Morgan fingerprint density at radius 2 is 1.81 bits per heavy atom. The fourth-order valence-electron chi connectivity index (χ4n) is 2.16. The van der Waals surface area contributed by atoms with E-state index in [-0.39, 0.29) is 0 Å². The Hall–Kier alpha value is -0.160. The van der Waals surface area contributed by atoms with E-state index in [1.807, 2.05) is 0 Å². The van der Waals surface area contributed by atoms with Crippen LogP contribution in [0.1, 0.15) is 12.8 Å². The average Bonchev–Trinajstić information content (AvgIpc) is 2.96. The monoisotopic (exact) mass is 229 g/mol. The summed E-state index contributed by atoms with van der Waals surface area (Å²) in [6.07, 6.45) is 2.36. The average molecular weight is 229 g/mol.